The van der Waals surface area contributed by atoms with Gasteiger partial charge in [-0.1, -0.05) is 146 Å². The molecule has 0 radical (unpaired) electrons. The first-order valence-electron chi connectivity index (χ1n) is 19.1. The molecule has 0 spiro atoms. The number of hydrogen-bond acceptors (Lipinski definition) is 5. The van der Waals surface area contributed by atoms with E-state index in [4.69, 9.17) is 19.4 Å². The minimum absolute atomic E-state index is 0.548. The van der Waals surface area contributed by atoms with Gasteiger partial charge in [-0.2, -0.15) is 0 Å². The molecular weight excluding hydrogens is 699 g/mol. The number of aromatic nitrogens is 3. The monoisotopic (exact) mass is 731 g/mol. The molecule has 0 amide bonds. The molecule has 11 rings (SSSR count). The van der Waals surface area contributed by atoms with Crippen LogP contribution in [0.2, 0.25) is 0 Å². The van der Waals surface area contributed by atoms with Crippen LogP contribution in [0, 0.1) is 0 Å². The van der Waals surface area contributed by atoms with Crippen LogP contribution in [0.4, 0.5) is 0 Å². The van der Waals surface area contributed by atoms with Crippen LogP contribution in [0.25, 0.3) is 56.3 Å². The molecule has 268 valence electrons. The first kappa shape index (κ1) is 32.8. The van der Waals surface area contributed by atoms with Crippen LogP contribution in [0.15, 0.2) is 200 Å². The van der Waals surface area contributed by atoms with Crippen molar-refractivity contribution in [2.24, 2.45) is 0 Å². The van der Waals surface area contributed by atoms with Crippen LogP contribution in [0.1, 0.15) is 22.3 Å². The van der Waals surface area contributed by atoms with E-state index < -0.39 is 5.41 Å². The quantitative estimate of drug-likeness (QED) is 0.170. The molecule has 57 heavy (non-hydrogen) atoms. The molecule has 9 aromatic rings. The Labute approximate surface area is 330 Å². The maximum Gasteiger partial charge on any atom is 0.178 e. The smallest absolute Gasteiger partial charge is 0.178 e. The summed E-state index contributed by atoms with van der Waals surface area (Å²) in [4.78, 5) is 14.8. The third-order valence-electron chi connectivity index (χ3n) is 11.1. The van der Waals surface area contributed by atoms with E-state index in [1.807, 2.05) is 79.0 Å². The lowest BCUT2D eigenvalue weighted by atomic mass is 9.68. The van der Waals surface area contributed by atoms with Crippen molar-refractivity contribution < 1.29 is 9.47 Å². The fraction of sp³-hybridized carbons (Fsp3) is 0.0192. The molecule has 0 fully saturated rings. The zero-order valence-electron chi connectivity index (χ0n) is 30.7. The number of pyridine rings is 1. The molecular formula is C52H33N3O2. The third kappa shape index (κ3) is 5.35. The highest BCUT2D eigenvalue weighted by Crippen LogP contribution is 2.62. The van der Waals surface area contributed by atoms with Crippen LogP contribution in [-0.4, -0.2) is 15.0 Å². The van der Waals surface area contributed by atoms with Crippen LogP contribution in [-0.2, 0) is 5.41 Å². The van der Waals surface area contributed by atoms with Gasteiger partial charge in [0.05, 0.1) is 22.5 Å². The second-order valence-electron chi connectivity index (χ2n) is 14.3. The van der Waals surface area contributed by atoms with Gasteiger partial charge < -0.3 is 9.47 Å². The number of fused-ring (bicyclic) bond motifs is 6. The van der Waals surface area contributed by atoms with Crippen molar-refractivity contribution in [2.75, 3.05) is 0 Å². The Balaban J connectivity index is 1.05. The number of hydrogen-bond donors (Lipinski definition) is 0. The molecule has 5 heteroatoms. The zero-order valence-corrected chi connectivity index (χ0v) is 30.7. The Hall–Kier alpha value is -7.63. The summed E-state index contributed by atoms with van der Waals surface area (Å²) in [5.41, 5.74) is 12.7. The second kappa shape index (κ2) is 13.3. The highest BCUT2D eigenvalue weighted by Gasteiger charge is 2.48. The molecule has 0 atom stereocenters. The molecule has 1 aliphatic heterocycles. The van der Waals surface area contributed by atoms with E-state index in [0.717, 1.165) is 56.0 Å². The summed E-state index contributed by atoms with van der Waals surface area (Å²) in [7, 11) is 0. The minimum Gasteiger partial charge on any atom is -0.449 e. The summed E-state index contributed by atoms with van der Waals surface area (Å²) in [5, 5.41) is 0. The molecule has 5 nitrogen and oxygen atoms in total. The Morgan fingerprint density at radius 1 is 0.386 bits per heavy atom. The lowest BCUT2D eigenvalue weighted by Gasteiger charge is -2.34. The average Bonchev–Trinajstić information content (AvgIpc) is 3.61. The number of rotatable bonds is 6. The largest absolute Gasteiger partial charge is 0.449 e. The van der Waals surface area contributed by atoms with Gasteiger partial charge in [-0.3, -0.25) is 4.98 Å². The second-order valence-corrected chi connectivity index (χ2v) is 14.3. The van der Waals surface area contributed by atoms with Gasteiger partial charge in [0.1, 0.15) is 0 Å². The highest BCUT2D eigenvalue weighted by atomic mass is 16.6. The topological polar surface area (TPSA) is 57.1 Å². The molecule has 1 aliphatic carbocycles. The van der Waals surface area contributed by atoms with Gasteiger partial charge in [0.25, 0.3) is 0 Å². The Morgan fingerprint density at radius 2 is 1.02 bits per heavy atom. The van der Waals surface area contributed by atoms with E-state index in [2.05, 4.69) is 126 Å². The molecule has 2 aromatic heterocycles. The Morgan fingerprint density at radius 3 is 1.77 bits per heavy atom. The first-order valence-corrected chi connectivity index (χ1v) is 19.1. The Bertz CT molecular complexity index is 2910. The normalized spacial score (nSPS) is 13.0. The van der Waals surface area contributed by atoms with Crippen LogP contribution in [0.3, 0.4) is 0 Å². The van der Waals surface area contributed by atoms with Gasteiger partial charge in [-0.05, 0) is 76.3 Å². The molecule has 7 aromatic carbocycles. The van der Waals surface area contributed by atoms with E-state index in [1.54, 1.807) is 0 Å². The summed E-state index contributed by atoms with van der Waals surface area (Å²) >= 11 is 0. The van der Waals surface area contributed by atoms with Crippen molar-refractivity contribution in [3.05, 3.63) is 223 Å². The van der Waals surface area contributed by atoms with E-state index in [0.29, 0.717) is 28.8 Å². The van der Waals surface area contributed by atoms with Crippen molar-refractivity contribution in [3.63, 3.8) is 0 Å². The fourth-order valence-electron chi connectivity index (χ4n) is 8.56. The van der Waals surface area contributed by atoms with Gasteiger partial charge in [-0.15, -0.1) is 0 Å². The van der Waals surface area contributed by atoms with Gasteiger partial charge >= 0.3 is 0 Å². The van der Waals surface area contributed by atoms with Crippen LogP contribution in [0.5, 0.6) is 23.0 Å². The van der Waals surface area contributed by atoms with E-state index in [-0.39, 0.29) is 0 Å². The maximum atomic E-state index is 7.02. The van der Waals surface area contributed by atoms with Crippen molar-refractivity contribution in [2.45, 2.75) is 5.41 Å². The summed E-state index contributed by atoms with van der Waals surface area (Å²) < 4.78 is 13.7. The number of ether oxygens (including phenoxy) is 2. The van der Waals surface area contributed by atoms with Gasteiger partial charge in [-0.25, -0.2) is 9.97 Å². The molecule has 2 aliphatic rings. The van der Waals surface area contributed by atoms with Crippen LogP contribution < -0.4 is 9.47 Å². The number of nitrogens with zero attached hydrogens (tertiary/aromatic N) is 3. The van der Waals surface area contributed by atoms with Gasteiger partial charge in [0.15, 0.2) is 28.8 Å². The molecule has 0 saturated heterocycles. The van der Waals surface area contributed by atoms with Gasteiger partial charge in [0, 0.05) is 34.0 Å². The standard InChI is InChI=1S/C52H33N3O2/c1-4-15-34(16-5-1)44-33-45(55-51(54-44)37-18-14-17-35(31-37)43-25-12-13-30-53-43)36-26-28-46-48(32-36)57-50-47(56-46)29-27-42-49(50)40-23-10-11-24-41(40)52(42,38-19-6-2-7-20-38)39-21-8-3-9-22-39/h1-33H. The van der Waals surface area contributed by atoms with Crippen molar-refractivity contribution in [1.82, 2.24) is 15.0 Å². The summed E-state index contributed by atoms with van der Waals surface area (Å²) in [5.74, 6) is 3.29. The van der Waals surface area contributed by atoms with Crippen molar-refractivity contribution in [3.8, 4) is 79.3 Å². The zero-order chi connectivity index (χ0) is 37.8. The highest BCUT2D eigenvalue weighted by molar-refractivity contribution is 5.92. The third-order valence-corrected chi connectivity index (χ3v) is 11.1. The van der Waals surface area contributed by atoms with E-state index in [1.165, 1.54) is 16.7 Å². The Kier molecular flexibility index (Phi) is 7.64. The van der Waals surface area contributed by atoms with E-state index >= 15 is 0 Å². The first-order chi connectivity index (χ1) is 28.2. The molecule has 0 bridgehead atoms. The predicted molar refractivity (Wildman–Crippen MR) is 225 cm³/mol. The predicted octanol–water partition coefficient (Wildman–Crippen LogP) is 12.8. The van der Waals surface area contributed by atoms with Crippen LogP contribution >= 0.6 is 0 Å². The lowest BCUT2D eigenvalue weighted by molar-refractivity contribution is 0.360. The molecule has 0 saturated carbocycles. The average molecular weight is 732 g/mol. The summed E-state index contributed by atoms with van der Waals surface area (Å²) in [6, 6.07) is 67.0. The SMILES string of the molecule is c1ccc(-c2cc(-c3ccc4c(c3)Oc3c(ccc5c3-c3ccccc3C5(c3ccccc3)c3ccccc3)O4)nc(-c3cccc(-c4ccccn4)c3)n2)cc1. The van der Waals surface area contributed by atoms with Crippen molar-refractivity contribution in [1.29, 1.82) is 0 Å². The molecule has 3 heterocycles. The molecule has 0 unspecified atom stereocenters. The fourth-order valence-corrected chi connectivity index (χ4v) is 8.56. The van der Waals surface area contributed by atoms with E-state index in [9.17, 15) is 0 Å². The molecule has 0 N–H and O–H groups in total. The lowest BCUT2D eigenvalue weighted by Crippen LogP contribution is -2.28. The summed E-state index contributed by atoms with van der Waals surface area (Å²) in [6.07, 6.45) is 1.81. The minimum atomic E-state index is -0.548. The summed E-state index contributed by atoms with van der Waals surface area (Å²) in [6.45, 7) is 0. The van der Waals surface area contributed by atoms with Crippen molar-refractivity contribution >= 4 is 0 Å². The number of benzene rings is 7. The van der Waals surface area contributed by atoms with Gasteiger partial charge in [0.2, 0.25) is 0 Å². The maximum absolute atomic E-state index is 7.02.